The maximum absolute atomic E-state index is 11.0. The lowest BCUT2D eigenvalue weighted by Gasteiger charge is -2.36. The van der Waals surface area contributed by atoms with Crippen LogP contribution >= 0.6 is 0 Å². The minimum Gasteiger partial charge on any atom is -0.478 e. The second kappa shape index (κ2) is 5.91. The smallest absolute Gasteiger partial charge is 0.331 e. The lowest BCUT2D eigenvalue weighted by molar-refractivity contribution is -0.132. The zero-order chi connectivity index (χ0) is 13.8. The van der Waals surface area contributed by atoms with Crippen LogP contribution in [-0.2, 0) is 11.2 Å². The van der Waals surface area contributed by atoms with Crippen molar-refractivity contribution in [1.29, 1.82) is 0 Å². The van der Waals surface area contributed by atoms with Gasteiger partial charge in [-0.1, -0.05) is 31.2 Å². The molecule has 0 radical (unpaired) electrons. The van der Waals surface area contributed by atoms with Gasteiger partial charge in [-0.25, -0.2) is 4.79 Å². The van der Waals surface area contributed by atoms with Crippen molar-refractivity contribution < 1.29 is 9.90 Å². The van der Waals surface area contributed by atoms with E-state index in [-0.39, 0.29) is 0 Å². The molecule has 1 aromatic carbocycles. The molecule has 1 aromatic rings. The summed E-state index contributed by atoms with van der Waals surface area (Å²) in [5.41, 5.74) is 3.11. The molecular weight excluding hydrogens is 238 g/mol. The first-order valence-electron chi connectivity index (χ1n) is 6.90. The third-order valence-corrected chi connectivity index (χ3v) is 3.85. The summed E-state index contributed by atoms with van der Waals surface area (Å²) in [4.78, 5) is 13.3. The lowest BCUT2D eigenvalue weighted by Crippen LogP contribution is -2.37. The van der Waals surface area contributed by atoms with Gasteiger partial charge in [0, 0.05) is 23.8 Å². The zero-order valence-electron chi connectivity index (χ0n) is 11.6. The van der Waals surface area contributed by atoms with Crippen molar-refractivity contribution in [2.75, 3.05) is 11.4 Å². The summed E-state index contributed by atoms with van der Waals surface area (Å²) >= 11 is 0. The molecule has 2 rings (SSSR count). The molecule has 1 atom stereocenters. The summed E-state index contributed by atoms with van der Waals surface area (Å²) < 4.78 is 0. The molecule has 0 aliphatic carbocycles. The minimum absolute atomic E-state index is 0.457. The number of carboxylic acids is 1. The number of fused-ring (bicyclic) bond motifs is 1. The normalized spacial score (nSPS) is 19.2. The van der Waals surface area contributed by atoms with E-state index in [0.29, 0.717) is 24.6 Å². The molecule has 3 nitrogen and oxygen atoms in total. The fourth-order valence-electron chi connectivity index (χ4n) is 2.63. The van der Waals surface area contributed by atoms with Gasteiger partial charge in [0.05, 0.1) is 0 Å². The third-order valence-electron chi connectivity index (χ3n) is 3.85. The van der Waals surface area contributed by atoms with Crippen LogP contribution in [0.5, 0.6) is 0 Å². The Bertz CT molecular complexity index is 493. The van der Waals surface area contributed by atoms with Crippen molar-refractivity contribution in [3.63, 3.8) is 0 Å². The van der Waals surface area contributed by atoms with Gasteiger partial charge in [-0.15, -0.1) is 0 Å². The molecule has 102 valence electrons. The number of aliphatic carboxylic acids is 1. The van der Waals surface area contributed by atoms with Gasteiger partial charge in [0.25, 0.3) is 0 Å². The number of carboxylic acid groups (broad SMARTS) is 1. The molecular formula is C16H21NO2. The number of para-hydroxylation sites is 1. The van der Waals surface area contributed by atoms with E-state index in [1.807, 2.05) is 19.1 Å². The second-order valence-electron chi connectivity index (χ2n) is 5.06. The van der Waals surface area contributed by atoms with Crippen LogP contribution in [0, 0.1) is 0 Å². The number of hydrogen-bond acceptors (Lipinski definition) is 2. The van der Waals surface area contributed by atoms with Gasteiger partial charge in [0.2, 0.25) is 0 Å². The summed E-state index contributed by atoms with van der Waals surface area (Å²) in [6.45, 7) is 4.76. The van der Waals surface area contributed by atoms with E-state index in [2.05, 4.69) is 30.0 Å². The van der Waals surface area contributed by atoms with Crippen LogP contribution in [0.15, 0.2) is 35.9 Å². The van der Waals surface area contributed by atoms with Crippen molar-refractivity contribution in [3.05, 3.63) is 41.5 Å². The highest BCUT2D eigenvalue weighted by molar-refractivity contribution is 5.86. The van der Waals surface area contributed by atoms with Gasteiger partial charge in [0.1, 0.15) is 0 Å². The fourth-order valence-corrected chi connectivity index (χ4v) is 2.63. The number of hydrogen-bond donors (Lipinski definition) is 1. The Hall–Kier alpha value is -1.77. The van der Waals surface area contributed by atoms with Crippen molar-refractivity contribution in [2.45, 2.75) is 39.2 Å². The first kappa shape index (κ1) is 13.7. The van der Waals surface area contributed by atoms with Crippen molar-refractivity contribution in [2.24, 2.45) is 0 Å². The third kappa shape index (κ3) is 2.98. The number of aryl methyl sites for hydroxylation is 1. The summed E-state index contributed by atoms with van der Waals surface area (Å²) in [6.07, 6.45) is 4.65. The van der Waals surface area contributed by atoms with Crippen LogP contribution in [0.2, 0.25) is 0 Å². The van der Waals surface area contributed by atoms with Crippen LogP contribution in [0.4, 0.5) is 5.69 Å². The highest BCUT2D eigenvalue weighted by Crippen LogP contribution is 2.30. The predicted molar refractivity (Wildman–Crippen MR) is 77.6 cm³/mol. The van der Waals surface area contributed by atoms with Crippen LogP contribution < -0.4 is 4.90 Å². The Morgan fingerprint density at radius 3 is 2.89 bits per heavy atom. The van der Waals surface area contributed by atoms with Crippen molar-refractivity contribution in [1.82, 2.24) is 0 Å². The predicted octanol–water partition coefficient (Wildman–Crippen LogP) is 3.25. The van der Waals surface area contributed by atoms with Gasteiger partial charge < -0.3 is 10.0 Å². The molecule has 1 N–H and O–H groups in total. The standard InChI is InChI=1S/C16H21NO2/c1-3-13(16(18)19)10-11-17-12(2)8-9-14-6-4-5-7-15(14)17/h4-7,10,12H,3,8-9,11H2,1-2H3,(H,18,19). The van der Waals surface area contributed by atoms with Gasteiger partial charge in [-0.2, -0.15) is 0 Å². The fraction of sp³-hybridized carbons (Fsp3) is 0.438. The Morgan fingerprint density at radius 2 is 2.21 bits per heavy atom. The van der Waals surface area contributed by atoms with Crippen molar-refractivity contribution >= 4 is 11.7 Å². The second-order valence-corrected chi connectivity index (χ2v) is 5.06. The maximum atomic E-state index is 11.0. The number of rotatable bonds is 4. The Balaban J connectivity index is 2.22. The minimum atomic E-state index is -0.805. The first-order valence-corrected chi connectivity index (χ1v) is 6.90. The van der Waals surface area contributed by atoms with E-state index >= 15 is 0 Å². The van der Waals surface area contributed by atoms with Crippen LogP contribution in [-0.4, -0.2) is 23.7 Å². The largest absolute Gasteiger partial charge is 0.478 e. The zero-order valence-corrected chi connectivity index (χ0v) is 11.6. The number of anilines is 1. The van der Waals surface area contributed by atoms with Crippen LogP contribution in [0.25, 0.3) is 0 Å². The van der Waals surface area contributed by atoms with Crippen molar-refractivity contribution in [3.8, 4) is 0 Å². The monoisotopic (exact) mass is 259 g/mol. The SMILES string of the molecule is CCC(=CCN1c2ccccc2CCC1C)C(=O)O. The molecule has 1 heterocycles. The van der Waals surface area contributed by atoms with Gasteiger partial charge in [-0.05, 0) is 37.8 Å². The molecule has 1 aliphatic heterocycles. The van der Waals surface area contributed by atoms with Gasteiger partial charge >= 0.3 is 5.97 Å². The van der Waals surface area contributed by atoms with E-state index < -0.39 is 5.97 Å². The molecule has 19 heavy (non-hydrogen) atoms. The average molecular weight is 259 g/mol. The number of benzene rings is 1. The molecule has 0 bridgehead atoms. The molecule has 0 spiro atoms. The molecule has 0 fully saturated rings. The van der Waals surface area contributed by atoms with E-state index in [1.54, 1.807) is 0 Å². The highest BCUT2D eigenvalue weighted by atomic mass is 16.4. The highest BCUT2D eigenvalue weighted by Gasteiger charge is 2.21. The van der Waals surface area contributed by atoms with Gasteiger partial charge in [0.15, 0.2) is 0 Å². The molecule has 0 amide bonds. The van der Waals surface area contributed by atoms with Gasteiger partial charge in [-0.3, -0.25) is 0 Å². The average Bonchev–Trinajstić information content (AvgIpc) is 2.41. The molecule has 1 aliphatic rings. The summed E-state index contributed by atoms with van der Waals surface area (Å²) in [6, 6.07) is 8.86. The molecule has 0 saturated carbocycles. The lowest BCUT2D eigenvalue weighted by atomic mass is 9.96. The molecule has 3 heteroatoms. The van der Waals surface area contributed by atoms with E-state index in [9.17, 15) is 4.79 Å². The van der Waals surface area contributed by atoms with E-state index in [1.165, 1.54) is 11.3 Å². The molecule has 1 unspecified atom stereocenters. The Kier molecular flexibility index (Phi) is 4.25. The molecule has 0 aromatic heterocycles. The summed E-state index contributed by atoms with van der Waals surface area (Å²) in [7, 11) is 0. The topological polar surface area (TPSA) is 40.5 Å². The summed E-state index contributed by atoms with van der Waals surface area (Å²) in [5.74, 6) is -0.805. The summed E-state index contributed by atoms with van der Waals surface area (Å²) in [5, 5.41) is 9.08. The number of nitrogens with zero attached hydrogens (tertiary/aromatic N) is 1. The maximum Gasteiger partial charge on any atom is 0.331 e. The van der Waals surface area contributed by atoms with Crippen LogP contribution in [0.3, 0.4) is 0 Å². The first-order chi connectivity index (χ1) is 9.13. The Morgan fingerprint density at radius 1 is 1.47 bits per heavy atom. The quantitative estimate of drug-likeness (QED) is 0.844. The Labute approximate surface area is 114 Å². The van der Waals surface area contributed by atoms with E-state index in [0.717, 1.165) is 12.8 Å². The van der Waals surface area contributed by atoms with Crippen LogP contribution in [0.1, 0.15) is 32.3 Å². The number of carbonyl (C=O) groups is 1. The van der Waals surface area contributed by atoms with E-state index in [4.69, 9.17) is 5.11 Å². The molecule has 0 saturated heterocycles.